The number of amides is 1. The molecule has 2 heterocycles. The molecule has 1 saturated heterocycles. The van der Waals surface area contributed by atoms with Gasteiger partial charge in [0, 0.05) is 44.7 Å². The van der Waals surface area contributed by atoms with Crippen LogP contribution >= 0.6 is 11.3 Å². The zero-order valence-electron chi connectivity index (χ0n) is 11.2. The number of rotatable bonds is 4. The van der Waals surface area contributed by atoms with Gasteiger partial charge in [0.2, 0.25) is 0 Å². The quantitative estimate of drug-likeness (QED) is 0.832. The van der Waals surface area contributed by atoms with E-state index in [0.717, 1.165) is 37.2 Å². The van der Waals surface area contributed by atoms with Gasteiger partial charge >= 0.3 is 0 Å². The number of ether oxygens (including phenoxy) is 1. The molecule has 0 unspecified atom stereocenters. The monoisotopic (exact) mass is 281 g/mol. The van der Waals surface area contributed by atoms with E-state index in [0.29, 0.717) is 12.3 Å². The number of hydrogen-bond acceptors (Lipinski definition) is 5. The highest BCUT2D eigenvalue weighted by Crippen LogP contribution is 2.27. The van der Waals surface area contributed by atoms with Gasteiger partial charge in [-0.2, -0.15) is 0 Å². The second kappa shape index (κ2) is 5.56. The summed E-state index contributed by atoms with van der Waals surface area (Å²) in [6.45, 7) is 4.14. The van der Waals surface area contributed by atoms with Gasteiger partial charge in [0.1, 0.15) is 10.7 Å². The number of carbonyl (C=O) groups excluding carboxylic acids is 1. The molecule has 0 aromatic carbocycles. The lowest BCUT2D eigenvalue weighted by Gasteiger charge is -2.34. The van der Waals surface area contributed by atoms with E-state index in [9.17, 15) is 4.79 Å². The van der Waals surface area contributed by atoms with Crippen LogP contribution in [-0.4, -0.2) is 60.0 Å². The van der Waals surface area contributed by atoms with Crippen molar-refractivity contribution in [3.05, 3.63) is 16.1 Å². The topological polar surface area (TPSA) is 45.7 Å². The van der Waals surface area contributed by atoms with Crippen molar-refractivity contribution in [3.8, 4) is 0 Å². The Hall–Kier alpha value is -0.980. The average Bonchev–Trinajstić information content (AvgIpc) is 3.19. The molecule has 0 spiro atoms. The third kappa shape index (κ3) is 2.96. The molecule has 0 N–H and O–H groups in total. The summed E-state index contributed by atoms with van der Waals surface area (Å²) in [5, 5.41) is 2.70. The minimum atomic E-state index is 0.0639. The Kier molecular flexibility index (Phi) is 3.81. The van der Waals surface area contributed by atoms with E-state index in [1.54, 1.807) is 7.11 Å². The number of nitrogens with zero attached hydrogens (tertiary/aromatic N) is 3. The molecule has 1 aliphatic heterocycles. The normalized spacial score (nSPS) is 20.8. The number of piperazine rings is 1. The molecule has 0 bridgehead atoms. The van der Waals surface area contributed by atoms with Crippen molar-refractivity contribution >= 4 is 17.2 Å². The van der Waals surface area contributed by atoms with Crippen LogP contribution < -0.4 is 0 Å². The predicted molar refractivity (Wildman–Crippen MR) is 73.3 cm³/mol. The van der Waals surface area contributed by atoms with Crippen LogP contribution in [-0.2, 0) is 11.3 Å². The van der Waals surface area contributed by atoms with Crippen molar-refractivity contribution in [2.45, 2.75) is 25.5 Å². The lowest BCUT2D eigenvalue weighted by Crippen LogP contribution is -2.49. The van der Waals surface area contributed by atoms with E-state index in [2.05, 4.69) is 9.88 Å². The minimum absolute atomic E-state index is 0.0639. The Morgan fingerprint density at radius 1 is 1.42 bits per heavy atom. The van der Waals surface area contributed by atoms with E-state index < -0.39 is 0 Å². The number of aromatic nitrogens is 1. The highest BCUT2D eigenvalue weighted by molar-refractivity contribution is 7.09. The number of thiazole rings is 1. The molecule has 6 heteroatoms. The van der Waals surface area contributed by atoms with E-state index >= 15 is 0 Å². The number of methoxy groups -OCH3 is 1. The van der Waals surface area contributed by atoms with Gasteiger partial charge in [0.25, 0.3) is 5.91 Å². The Bertz CT molecular complexity index is 450. The molecule has 3 rings (SSSR count). The Labute approximate surface area is 117 Å². The summed E-state index contributed by atoms with van der Waals surface area (Å²) < 4.78 is 5.03. The van der Waals surface area contributed by atoms with Crippen molar-refractivity contribution in [2.24, 2.45) is 0 Å². The molecule has 2 aliphatic rings. The lowest BCUT2D eigenvalue weighted by molar-refractivity contribution is 0.0621. The average molecular weight is 281 g/mol. The molecule has 5 nitrogen and oxygen atoms in total. The number of carbonyl (C=O) groups is 1. The van der Waals surface area contributed by atoms with Gasteiger partial charge in [0.05, 0.1) is 6.61 Å². The summed E-state index contributed by atoms with van der Waals surface area (Å²) in [7, 11) is 1.64. The fraction of sp³-hybridized carbons (Fsp3) is 0.692. The highest BCUT2D eigenvalue weighted by Gasteiger charge is 2.32. The Balaban J connectivity index is 1.57. The first-order valence-electron chi connectivity index (χ1n) is 6.74. The van der Waals surface area contributed by atoms with Gasteiger partial charge in [0.15, 0.2) is 0 Å². The molecular formula is C13H19N3O2S. The first-order chi connectivity index (χ1) is 9.28. The molecule has 19 heavy (non-hydrogen) atoms. The SMILES string of the molecule is COCc1nc(C(=O)N2CCN(C3CC3)CC2)cs1. The minimum Gasteiger partial charge on any atom is -0.378 e. The highest BCUT2D eigenvalue weighted by atomic mass is 32.1. The number of hydrogen-bond donors (Lipinski definition) is 0. The van der Waals surface area contributed by atoms with Crippen LogP contribution in [0.1, 0.15) is 28.3 Å². The van der Waals surface area contributed by atoms with Gasteiger partial charge in [-0.25, -0.2) is 4.98 Å². The van der Waals surface area contributed by atoms with E-state index in [1.165, 1.54) is 24.2 Å². The molecule has 0 atom stereocenters. The summed E-state index contributed by atoms with van der Waals surface area (Å²) in [6.07, 6.45) is 2.67. The lowest BCUT2D eigenvalue weighted by atomic mass is 10.3. The van der Waals surface area contributed by atoms with Crippen LogP contribution in [0.5, 0.6) is 0 Å². The summed E-state index contributed by atoms with van der Waals surface area (Å²) in [6, 6.07) is 0.796. The molecule has 2 fully saturated rings. The van der Waals surface area contributed by atoms with Crippen molar-refractivity contribution in [3.63, 3.8) is 0 Å². The van der Waals surface area contributed by atoms with Crippen LogP contribution in [0.15, 0.2) is 5.38 Å². The molecule has 1 amide bonds. The van der Waals surface area contributed by atoms with E-state index in [-0.39, 0.29) is 5.91 Å². The molecular weight excluding hydrogens is 262 g/mol. The van der Waals surface area contributed by atoms with Crippen LogP contribution in [0.2, 0.25) is 0 Å². The maximum absolute atomic E-state index is 12.3. The molecule has 1 aliphatic carbocycles. The summed E-state index contributed by atoms with van der Waals surface area (Å²) >= 11 is 1.49. The van der Waals surface area contributed by atoms with Gasteiger partial charge in [-0.05, 0) is 12.8 Å². The fourth-order valence-electron chi connectivity index (χ4n) is 2.49. The van der Waals surface area contributed by atoms with Crippen molar-refractivity contribution in [1.82, 2.24) is 14.8 Å². The van der Waals surface area contributed by atoms with E-state index in [1.807, 2.05) is 10.3 Å². The predicted octanol–water partition coefficient (Wildman–Crippen LogP) is 1.21. The largest absolute Gasteiger partial charge is 0.378 e. The first kappa shape index (κ1) is 13.0. The van der Waals surface area contributed by atoms with Crippen LogP contribution in [0.4, 0.5) is 0 Å². The van der Waals surface area contributed by atoms with Crippen LogP contribution in [0.25, 0.3) is 0 Å². The second-order valence-corrected chi connectivity index (χ2v) is 6.06. The third-order valence-corrected chi connectivity index (χ3v) is 4.53. The van der Waals surface area contributed by atoms with Crippen LogP contribution in [0.3, 0.4) is 0 Å². The summed E-state index contributed by atoms with van der Waals surface area (Å²) in [5.74, 6) is 0.0639. The van der Waals surface area contributed by atoms with Gasteiger partial charge in [-0.3, -0.25) is 9.69 Å². The zero-order valence-corrected chi connectivity index (χ0v) is 12.0. The van der Waals surface area contributed by atoms with Gasteiger partial charge < -0.3 is 9.64 Å². The van der Waals surface area contributed by atoms with Crippen LogP contribution in [0, 0.1) is 0 Å². The molecule has 1 aromatic rings. The summed E-state index contributed by atoms with van der Waals surface area (Å²) in [5.41, 5.74) is 0.567. The Morgan fingerprint density at radius 2 is 2.16 bits per heavy atom. The van der Waals surface area contributed by atoms with Crippen molar-refractivity contribution < 1.29 is 9.53 Å². The molecule has 104 valence electrons. The fourth-order valence-corrected chi connectivity index (χ4v) is 3.23. The molecule has 1 saturated carbocycles. The smallest absolute Gasteiger partial charge is 0.273 e. The standard InChI is InChI=1S/C13H19N3O2S/c1-18-8-12-14-11(9-19-12)13(17)16-6-4-15(5-7-16)10-2-3-10/h9-10H,2-8H2,1H3. The maximum atomic E-state index is 12.3. The molecule has 0 radical (unpaired) electrons. The summed E-state index contributed by atoms with van der Waals surface area (Å²) in [4.78, 5) is 21.1. The first-order valence-corrected chi connectivity index (χ1v) is 7.62. The van der Waals surface area contributed by atoms with Crippen molar-refractivity contribution in [2.75, 3.05) is 33.3 Å². The van der Waals surface area contributed by atoms with Gasteiger partial charge in [-0.1, -0.05) is 0 Å². The molecule has 1 aromatic heterocycles. The maximum Gasteiger partial charge on any atom is 0.273 e. The third-order valence-electron chi connectivity index (χ3n) is 3.70. The zero-order chi connectivity index (χ0) is 13.2. The van der Waals surface area contributed by atoms with E-state index in [4.69, 9.17) is 4.74 Å². The second-order valence-electron chi connectivity index (χ2n) is 5.12. The van der Waals surface area contributed by atoms with Gasteiger partial charge in [-0.15, -0.1) is 11.3 Å². The van der Waals surface area contributed by atoms with Crippen molar-refractivity contribution in [1.29, 1.82) is 0 Å². The Morgan fingerprint density at radius 3 is 2.79 bits per heavy atom.